The Morgan fingerprint density at radius 3 is 0.597 bits per heavy atom. The minimum absolute atomic E-state index is 0. The second kappa shape index (κ2) is 27.1. The van der Waals surface area contributed by atoms with Gasteiger partial charge in [0.25, 0.3) is 0 Å². The van der Waals surface area contributed by atoms with E-state index in [0.29, 0.717) is 0 Å². The quantitative estimate of drug-likeness (QED) is 0.0683. The number of hydrogen-bond donors (Lipinski definition) is 0. The van der Waals surface area contributed by atoms with Crippen LogP contribution in [0.5, 0.6) is 0 Å². The van der Waals surface area contributed by atoms with Gasteiger partial charge < -0.3 is 37.2 Å². The van der Waals surface area contributed by atoms with Crippen LogP contribution in [0.1, 0.15) is 106 Å². The first-order chi connectivity index (χ1) is 35.6. The molecule has 0 heterocycles. The molecule has 0 radical (unpaired) electrons. The number of halogens is 3. The van der Waals surface area contributed by atoms with Gasteiger partial charge in [0.15, 0.2) is 0 Å². The Kier molecular flexibility index (Phi) is 21.3. The van der Waals surface area contributed by atoms with Crippen molar-refractivity contribution in [3.8, 4) is 0 Å². The zero-order valence-corrected chi connectivity index (χ0v) is 50.5. The van der Waals surface area contributed by atoms with Crippen LogP contribution in [-0.2, 0) is 60.2 Å². The molecule has 0 saturated carbocycles. The molecule has 0 aliphatic carbocycles. The maximum absolute atomic E-state index is 3.36. The zero-order chi connectivity index (χ0) is 50.5. The predicted octanol–water partition coefficient (Wildman–Crippen LogP) is 5.50. The molecule has 0 aliphatic rings. The van der Waals surface area contributed by atoms with E-state index in [0.717, 1.165) is 38.5 Å². The molecule has 5 heteroatoms. The predicted molar refractivity (Wildman–Crippen MR) is 314 cm³/mol. The van der Waals surface area contributed by atoms with Crippen LogP contribution < -0.4 is 58.0 Å². The van der Waals surface area contributed by atoms with Crippen molar-refractivity contribution in [1.82, 2.24) is 0 Å². The summed E-state index contributed by atoms with van der Waals surface area (Å²) in [5, 5.41) is 5.94. The molecule has 10 aromatic rings. The minimum atomic E-state index is -3.36. The topological polar surface area (TPSA) is 0 Å². The molecule has 386 valence electrons. The van der Waals surface area contributed by atoms with Crippen LogP contribution in [0, 0.1) is 48.5 Å². The number of hydrogen-bond acceptors (Lipinski definition) is 0. The average Bonchev–Trinajstić information content (AvgIpc) is 3.74. The van der Waals surface area contributed by atoms with Crippen LogP contribution >= 0.6 is 0 Å². The van der Waals surface area contributed by atoms with Gasteiger partial charge in [-0.3, -0.25) is 0 Å². The van der Waals surface area contributed by atoms with Crippen LogP contribution in [-0.4, -0.2) is 8.07 Å². The van der Waals surface area contributed by atoms with Gasteiger partial charge in [0.05, 0.1) is 0 Å². The molecule has 77 heavy (non-hydrogen) atoms. The summed E-state index contributed by atoms with van der Waals surface area (Å²) < 4.78 is 0. The summed E-state index contributed by atoms with van der Waals surface area (Å²) in [5.74, 6) is 0. The largest absolute Gasteiger partial charge is 4.00 e. The molecule has 0 bridgehead atoms. The average molecular weight is 1120 g/mol. The molecule has 0 aliphatic heterocycles. The molecular weight excluding hydrogens is 1050 g/mol. The van der Waals surface area contributed by atoms with Crippen LogP contribution in [0.15, 0.2) is 218 Å². The van der Waals surface area contributed by atoms with Crippen molar-refractivity contribution in [2.24, 2.45) is 0 Å². The fraction of sp³-hybridized carbons (Fsp3) is 0.181. The third-order valence-corrected chi connectivity index (χ3v) is 21.4. The Balaban J connectivity index is 0.00000240. The normalized spacial score (nSPS) is 10.9. The van der Waals surface area contributed by atoms with Crippen molar-refractivity contribution in [3.05, 3.63) is 324 Å². The Morgan fingerprint density at radius 2 is 0.429 bits per heavy atom. The molecule has 0 amide bonds. The maximum atomic E-state index is 2.70. The van der Waals surface area contributed by atoms with Crippen molar-refractivity contribution < 1.29 is 58.9 Å². The summed E-state index contributed by atoms with van der Waals surface area (Å²) in [4.78, 5) is 0. The first-order valence-corrected chi connectivity index (χ1v) is 28.4. The first-order valence-electron chi connectivity index (χ1n) is 26.4. The minimum Gasteiger partial charge on any atom is -1.00 e. The summed E-state index contributed by atoms with van der Waals surface area (Å²) in [6.07, 6.45) is 5.18. The zero-order valence-electron chi connectivity index (χ0n) is 45.7. The van der Waals surface area contributed by atoms with Gasteiger partial charge in [0, 0.05) is 0 Å². The van der Waals surface area contributed by atoms with E-state index >= 15 is 0 Å². The van der Waals surface area contributed by atoms with E-state index in [1.165, 1.54) is 121 Å². The van der Waals surface area contributed by atoms with Gasteiger partial charge in [0.2, 0.25) is 0 Å². The number of rotatable bonds is 16. The smallest absolute Gasteiger partial charge is 1.00 e. The molecule has 0 atom stereocenters. The van der Waals surface area contributed by atoms with E-state index in [1.54, 1.807) is 5.19 Å². The third-order valence-electron chi connectivity index (χ3n) is 16.4. The molecule has 0 unspecified atom stereocenters. The summed E-state index contributed by atoms with van der Waals surface area (Å²) >= 11 is 0. The summed E-state index contributed by atoms with van der Waals surface area (Å²) in [5.41, 5.74) is 26.3. The van der Waals surface area contributed by atoms with E-state index in [4.69, 9.17) is 0 Å². The van der Waals surface area contributed by atoms with Crippen molar-refractivity contribution in [3.63, 3.8) is 0 Å². The van der Waals surface area contributed by atoms with Gasteiger partial charge >= 0.3 is 21.7 Å². The van der Waals surface area contributed by atoms with Crippen LogP contribution in [0.25, 0.3) is 0 Å². The van der Waals surface area contributed by atoms with E-state index in [9.17, 15) is 0 Å². The van der Waals surface area contributed by atoms with E-state index in [1.807, 2.05) is 0 Å². The molecule has 0 fully saturated rings. The van der Waals surface area contributed by atoms with Crippen molar-refractivity contribution in [2.45, 2.75) is 87.0 Å². The molecule has 10 aromatic carbocycles. The van der Waals surface area contributed by atoms with E-state index in [2.05, 4.69) is 267 Å². The summed E-state index contributed by atoms with van der Waals surface area (Å²) in [6.45, 7) is 16.8. The SMILES string of the molecule is Cc1c(Cc2ccccc2)cc([Si](c2cc(Cc3ccccc3)c(C)c(Cc3ccccc3)c2)(c2cc(Cc3ccccc3)c(C)c(Cc3ccccc3)c2)[c-]2c(C)c(C)c(C)c2C)cc1Cc1ccccc1.[Cl-].[Cl-].[Cl-].[Ti+4]. The monoisotopic (exact) mass is 1110 g/mol. The fourth-order valence-corrected chi connectivity index (χ4v) is 17.6. The third kappa shape index (κ3) is 13.0. The van der Waals surface area contributed by atoms with E-state index in [-0.39, 0.29) is 58.9 Å². The Labute approximate surface area is 495 Å². The second-order valence-corrected chi connectivity index (χ2v) is 24.6. The van der Waals surface area contributed by atoms with Crippen molar-refractivity contribution >= 4 is 28.8 Å². The van der Waals surface area contributed by atoms with Gasteiger partial charge in [0.1, 0.15) is 8.07 Å². The summed E-state index contributed by atoms with van der Waals surface area (Å²) in [7, 11) is -3.36. The second-order valence-electron chi connectivity index (χ2n) is 20.9. The van der Waals surface area contributed by atoms with Gasteiger partial charge in [-0.15, -0.1) is 5.19 Å². The first kappa shape index (κ1) is 60.4. The standard InChI is InChI=1S/C72H69Si.3ClH.Ti/c1-50-51(2)53(4)72(52(50)3)73(69-44-63(38-57-26-14-8-15-27-57)54(5)64(45-69)39-58-28-16-9-17-29-58,70-46-65(40-59-30-18-10-19-31-59)55(6)66(47-70)41-60-32-20-11-21-33-60)71-48-67(42-61-34-22-12-23-35-61)56(7)68(49-71)43-62-36-24-13-25-37-62;;;;/h8-37,44-49H,38-43H2,1-7H3;3*1H;/q-1;;;;+4/p-3. The van der Waals surface area contributed by atoms with Gasteiger partial charge in [-0.25, -0.2) is 0 Å². The fourth-order valence-electron chi connectivity index (χ4n) is 11.9. The van der Waals surface area contributed by atoms with E-state index < -0.39 is 8.07 Å². The Morgan fingerprint density at radius 1 is 0.260 bits per heavy atom. The molecule has 0 N–H and O–H groups in total. The van der Waals surface area contributed by atoms with Crippen LogP contribution in [0.2, 0.25) is 0 Å². The van der Waals surface area contributed by atoms with Crippen LogP contribution in [0.3, 0.4) is 0 Å². The number of benzene rings is 9. The van der Waals surface area contributed by atoms with Crippen LogP contribution in [0.4, 0.5) is 0 Å². The Bertz CT molecular complexity index is 2960. The van der Waals surface area contributed by atoms with Crippen molar-refractivity contribution in [1.29, 1.82) is 0 Å². The molecule has 0 spiro atoms. The van der Waals surface area contributed by atoms with Gasteiger partial charge in [-0.1, -0.05) is 262 Å². The molecule has 0 aromatic heterocycles. The maximum Gasteiger partial charge on any atom is 4.00 e. The Hall–Kier alpha value is -5.87. The van der Waals surface area contributed by atoms with Gasteiger partial charge in [-0.05, 0) is 143 Å². The molecular formula is C72H69Cl3SiTi. The molecule has 10 rings (SSSR count). The van der Waals surface area contributed by atoms with Crippen molar-refractivity contribution in [2.75, 3.05) is 0 Å². The molecule has 0 nitrogen and oxygen atoms in total. The van der Waals surface area contributed by atoms with Gasteiger partial charge in [-0.2, -0.15) is 22.3 Å². The molecule has 0 saturated heterocycles. The summed E-state index contributed by atoms with van der Waals surface area (Å²) in [6, 6.07) is 83.1.